The summed E-state index contributed by atoms with van der Waals surface area (Å²) < 4.78 is 57.1. The minimum absolute atomic E-state index is 0.0243. The second kappa shape index (κ2) is 7.58. The van der Waals surface area contributed by atoms with Crippen LogP contribution in [0.5, 0.6) is 0 Å². The van der Waals surface area contributed by atoms with Crippen LogP contribution in [0.2, 0.25) is 0 Å². The van der Waals surface area contributed by atoms with Gasteiger partial charge in [-0.3, -0.25) is 4.79 Å². The molecule has 1 aromatic heterocycles. The average Bonchev–Trinajstić information content (AvgIpc) is 3.41. The largest absolute Gasteiger partial charge is 0.468 e. The number of furan rings is 1. The zero-order valence-electron chi connectivity index (χ0n) is 15.7. The number of nitrogens with zero attached hydrogens (tertiary/aromatic N) is 2. The van der Waals surface area contributed by atoms with Gasteiger partial charge in [0.05, 0.1) is 29.2 Å². The molecule has 1 aromatic carbocycles. The van der Waals surface area contributed by atoms with Gasteiger partial charge in [0.15, 0.2) is 9.84 Å². The van der Waals surface area contributed by atoms with E-state index < -0.39 is 25.9 Å². The number of hydrogen-bond acceptors (Lipinski definition) is 6. The lowest BCUT2D eigenvalue weighted by molar-refractivity contribution is -0.117. The van der Waals surface area contributed by atoms with E-state index >= 15 is 0 Å². The highest BCUT2D eigenvalue weighted by atomic mass is 32.2. The van der Waals surface area contributed by atoms with Crippen molar-refractivity contribution in [2.45, 2.75) is 36.7 Å². The zero-order chi connectivity index (χ0) is 20.6. The molecule has 4 rings (SSSR count). The zero-order valence-corrected chi connectivity index (χ0v) is 17.4. The fraction of sp³-hybridized carbons (Fsp3) is 0.421. The lowest BCUT2D eigenvalue weighted by atomic mass is 10.2. The van der Waals surface area contributed by atoms with Crippen LogP contribution in [0.25, 0.3) is 0 Å². The molecule has 10 heteroatoms. The van der Waals surface area contributed by atoms with Crippen LogP contribution >= 0.6 is 0 Å². The Bertz CT molecular complexity index is 1090. The molecule has 0 N–H and O–H groups in total. The fourth-order valence-electron chi connectivity index (χ4n) is 3.82. The third-order valence-electron chi connectivity index (χ3n) is 5.34. The molecule has 1 atom stereocenters. The Labute approximate surface area is 170 Å². The number of carbonyl (C=O) groups excluding carboxylic acids is 1. The first-order valence-electron chi connectivity index (χ1n) is 9.41. The third-order valence-corrected chi connectivity index (χ3v) is 9.00. The highest BCUT2D eigenvalue weighted by Crippen LogP contribution is 2.29. The van der Waals surface area contributed by atoms with Crippen LogP contribution in [0.4, 0.5) is 5.69 Å². The lowest BCUT2D eigenvalue weighted by Gasteiger charge is -2.27. The van der Waals surface area contributed by atoms with E-state index in [1.807, 2.05) is 0 Å². The normalized spacial score (nSPS) is 21.9. The highest BCUT2D eigenvalue weighted by molar-refractivity contribution is 7.92. The van der Waals surface area contributed by atoms with Crippen LogP contribution < -0.4 is 4.90 Å². The first-order valence-corrected chi connectivity index (χ1v) is 12.7. The van der Waals surface area contributed by atoms with Crippen molar-refractivity contribution in [3.8, 4) is 0 Å². The standard InChI is InChI=1S/C19H22N2O6S2/c22-19-4-1-10-20(19)15-5-7-18(8-6-15)29(25,26)21(13-17-3-2-11-27-17)16-9-12-28(23,24)14-16/h2-3,5-8,11,16H,1,4,9-10,12-14H2. The summed E-state index contributed by atoms with van der Waals surface area (Å²) in [6.45, 7) is 0.581. The first kappa shape index (κ1) is 20.1. The smallest absolute Gasteiger partial charge is 0.243 e. The van der Waals surface area contributed by atoms with Gasteiger partial charge in [-0.25, -0.2) is 16.8 Å². The number of sulfone groups is 1. The molecule has 156 valence electrons. The Kier molecular flexibility index (Phi) is 5.26. The van der Waals surface area contributed by atoms with Crippen LogP contribution in [-0.4, -0.2) is 51.1 Å². The average molecular weight is 439 g/mol. The second-order valence-electron chi connectivity index (χ2n) is 7.33. The Morgan fingerprint density at radius 2 is 1.93 bits per heavy atom. The molecule has 1 amide bonds. The summed E-state index contributed by atoms with van der Waals surface area (Å²) in [6.07, 6.45) is 2.98. The van der Waals surface area contributed by atoms with E-state index in [-0.39, 0.29) is 35.3 Å². The Balaban J connectivity index is 1.64. The van der Waals surface area contributed by atoms with Gasteiger partial charge in [0.25, 0.3) is 0 Å². The summed E-state index contributed by atoms with van der Waals surface area (Å²) >= 11 is 0. The van der Waals surface area contributed by atoms with Crippen molar-refractivity contribution in [2.24, 2.45) is 0 Å². The van der Waals surface area contributed by atoms with Gasteiger partial charge in [0.1, 0.15) is 5.76 Å². The molecule has 1 unspecified atom stereocenters. The monoisotopic (exact) mass is 438 g/mol. The van der Waals surface area contributed by atoms with E-state index in [0.717, 1.165) is 6.42 Å². The molecule has 2 aromatic rings. The molecule has 0 bridgehead atoms. The van der Waals surface area contributed by atoms with E-state index in [4.69, 9.17) is 4.42 Å². The molecule has 0 saturated carbocycles. The molecule has 8 nitrogen and oxygen atoms in total. The molecule has 0 spiro atoms. The number of rotatable bonds is 6. The van der Waals surface area contributed by atoms with Crippen molar-refractivity contribution in [2.75, 3.05) is 23.0 Å². The van der Waals surface area contributed by atoms with Crippen molar-refractivity contribution in [3.63, 3.8) is 0 Å². The summed E-state index contributed by atoms with van der Waals surface area (Å²) in [5.41, 5.74) is 0.660. The summed E-state index contributed by atoms with van der Waals surface area (Å²) in [5.74, 6) is 0.235. The fourth-order valence-corrected chi connectivity index (χ4v) is 7.27. The SMILES string of the molecule is O=C1CCCN1c1ccc(S(=O)(=O)N(Cc2ccco2)C2CCS(=O)(=O)C2)cc1. The predicted octanol–water partition coefficient (Wildman–Crippen LogP) is 1.78. The van der Waals surface area contributed by atoms with Crippen molar-refractivity contribution >= 4 is 31.5 Å². The molecule has 29 heavy (non-hydrogen) atoms. The highest BCUT2D eigenvalue weighted by Gasteiger charge is 2.39. The topological polar surface area (TPSA) is 105 Å². The Morgan fingerprint density at radius 3 is 2.48 bits per heavy atom. The van der Waals surface area contributed by atoms with Gasteiger partial charge in [-0.05, 0) is 49.2 Å². The van der Waals surface area contributed by atoms with Gasteiger partial charge < -0.3 is 9.32 Å². The molecule has 2 aliphatic rings. The van der Waals surface area contributed by atoms with E-state index in [1.165, 1.54) is 22.7 Å². The van der Waals surface area contributed by atoms with E-state index in [0.29, 0.717) is 24.4 Å². The molecule has 2 fully saturated rings. The van der Waals surface area contributed by atoms with Gasteiger partial charge in [-0.15, -0.1) is 0 Å². The number of hydrogen-bond donors (Lipinski definition) is 0. The van der Waals surface area contributed by atoms with Crippen LogP contribution in [0.15, 0.2) is 52.0 Å². The van der Waals surface area contributed by atoms with Crippen molar-refractivity contribution in [1.29, 1.82) is 0 Å². The summed E-state index contributed by atoms with van der Waals surface area (Å²) in [5, 5.41) is 0. The van der Waals surface area contributed by atoms with Crippen molar-refractivity contribution in [1.82, 2.24) is 4.31 Å². The molecular weight excluding hydrogens is 416 g/mol. The summed E-state index contributed by atoms with van der Waals surface area (Å²) in [4.78, 5) is 13.6. The predicted molar refractivity (Wildman–Crippen MR) is 107 cm³/mol. The number of amides is 1. The van der Waals surface area contributed by atoms with Crippen LogP contribution in [0, 0.1) is 0 Å². The van der Waals surface area contributed by atoms with E-state index in [9.17, 15) is 21.6 Å². The molecular formula is C19H22N2O6S2. The van der Waals surface area contributed by atoms with Gasteiger partial charge >= 0.3 is 0 Å². The molecule has 3 heterocycles. The van der Waals surface area contributed by atoms with Gasteiger partial charge in [-0.1, -0.05) is 0 Å². The number of carbonyl (C=O) groups is 1. The lowest BCUT2D eigenvalue weighted by Crippen LogP contribution is -2.40. The Morgan fingerprint density at radius 1 is 1.17 bits per heavy atom. The minimum atomic E-state index is -3.96. The first-order chi connectivity index (χ1) is 13.8. The number of benzene rings is 1. The van der Waals surface area contributed by atoms with Gasteiger partial charge in [0.2, 0.25) is 15.9 Å². The van der Waals surface area contributed by atoms with Crippen molar-refractivity contribution < 1.29 is 26.0 Å². The summed E-state index contributed by atoms with van der Waals surface area (Å²) in [7, 11) is -7.23. The van der Waals surface area contributed by atoms with Crippen LogP contribution in [-0.2, 0) is 31.2 Å². The molecule has 0 radical (unpaired) electrons. The maximum absolute atomic E-state index is 13.4. The third kappa shape index (κ3) is 4.10. The van der Waals surface area contributed by atoms with E-state index in [2.05, 4.69) is 0 Å². The van der Waals surface area contributed by atoms with Crippen molar-refractivity contribution in [3.05, 3.63) is 48.4 Å². The van der Waals surface area contributed by atoms with E-state index in [1.54, 1.807) is 29.2 Å². The quantitative estimate of drug-likeness (QED) is 0.681. The molecule has 2 saturated heterocycles. The second-order valence-corrected chi connectivity index (χ2v) is 11.4. The van der Waals surface area contributed by atoms with Crippen LogP contribution in [0.3, 0.4) is 0 Å². The summed E-state index contributed by atoms with van der Waals surface area (Å²) in [6, 6.07) is 8.85. The number of anilines is 1. The Hall–Kier alpha value is -2.17. The van der Waals surface area contributed by atoms with Crippen LogP contribution in [0.1, 0.15) is 25.0 Å². The van der Waals surface area contributed by atoms with Gasteiger partial charge in [-0.2, -0.15) is 4.31 Å². The maximum atomic E-state index is 13.4. The minimum Gasteiger partial charge on any atom is -0.468 e. The number of sulfonamides is 1. The van der Waals surface area contributed by atoms with Gasteiger partial charge in [0, 0.05) is 24.7 Å². The molecule has 2 aliphatic heterocycles. The molecule has 0 aliphatic carbocycles. The maximum Gasteiger partial charge on any atom is 0.243 e.